The van der Waals surface area contributed by atoms with Crippen molar-refractivity contribution in [1.82, 2.24) is 0 Å². The lowest BCUT2D eigenvalue weighted by atomic mass is 10.3. The van der Waals surface area contributed by atoms with Crippen LogP contribution in [0.3, 0.4) is 0 Å². The van der Waals surface area contributed by atoms with Crippen molar-refractivity contribution in [3.05, 3.63) is 0 Å². The van der Waals surface area contributed by atoms with Crippen LogP contribution < -0.4 is 0 Å². The number of unbranched alkanes of at least 4 members (excludes halogenated alkanes) is 2. The normalized spacial score (nSPS) is 14.9. The van der Waals surface area contributed by atoms with Gasteiger partial charge in [0.25, 0.3) is 0 Å². The second-order valence-electron chi connectivity index (χ2n) is 6.57. The lowest BCUT2D eigenvalue weighted by Crippen LogP contribution is -2.75. The van der Waals surface area contributed by atoms with Crippen LogP contribution in [0.5, 0.6) is 0 Å². The third kappa shape index (κ3) is 5.31. The molecule has 33 heavy (non-hydrogen) atoms. The van der Waals surface area contributed by atoms with Crippen molar-refractivity contribution in [2.45, 2.75) is 68.5 Å². The summed E-state index contributed by atoms with van der Waals surface area (Å²) in [6.07, 6.45) is -24.0. The molecule has 0 saturated heterocycles. The number of carbonyl (C=O) groups excluding carboxylic acids is 3. The van der Waals surface area contributed by atoms with Gasteiger partial charge in [-0.05, 0) is 6.04 Å². The van der Waals surface area contributed by atoms with Crippen molar-refractivity contribution in [2.75, 3.05) is 0 Å². The Labute approximate surface area is 174 Å². The molecule has 0 atom stereocenters. The molecule has 0 saturated carbocycles. The molecule has 0 bridgehead atoms. The number of hydrogen-bond acceptors (Lipinski definition) is 3. The molecule has 0 aromatic rings. The molecule has 0 N–H and O–H groups in total. The van der Waals surface area contributed by atoms with Gasteiger partial charge < -0.3 is 0 Å². The SMILES string of the molecule is CCCCC[Si](C(=O)C(F)(F)C(F)(F)F)(C(=O)C(F)(F)C(F)(F)F)C(=O)C(F)(F)C(F)(F)F. The fourth-order valence-electron chi connectivity index (χ4n) is 2.48. The number of halogens is 15. The van der Waals surface area contributed by atoms with Gasteiger partial charge in [0.05, 0.1) is 0 Å². The molecular formula is C14H11F15O3Si. The number of hydrogen-bond donors (Lipinski definition) is 0. The second kappa shape index (κ2) is 9.08. The highest BCUT2D eigenvalue weighted by molar-refractivity contribution is 7.41. The number of alkyl halides is 15. The van der Waals surface area contributed by atoms with Crippen LogP contribution in [0.15, 0.2) is 0 Å². The Morgan fingerprint density at radius 2 is 0.758 bits per heavy atom. The summed E-state index contributed by atoms with van der Waals surface area (Å²) in [5.74, 6) is -21.6. The average molecular weight is 540 g/mol. The Kier molecular flexibility index (Phi) is 8.58. The average Bonchev–Trinajstić information content (AvgIpc) is 2.61. The van der Waals surface area contributed by atoms with Gasteiger partial charge in [0, 0.05) is 0 Å². The first-order valence-corrected chi connectivity index (χ1v) is 10.5. The Balaban J connectivity index is 7.56. The molecule has 0 heterocycles. The summed E-state index contributed by atoms with van der Waals surface area (Å²) in [6.45, 7) is 1.13. The van der Waals surface area contributed by atoms with Crippen LogP contribution in [-0.2, 0) is 14.4 Å². The van der Waals surface area contributed by atoms with Gasteiger partial charge in [-0.2, -0.15) is 65.9 Å². The molecule has 0 rings (SSSR count). The molecule has 0 amide bonds. The van der Waals surface area contributed by atoms with E-state index in [2.05, 4.69) is 0 Å². The van der Waals surface area contributed by atoms with Crippen LogP contribution in [0.25, 0.3) is 0 Å². The minimum Gasteiger partial charge on any atom is -0.297 e. The zero-order chi connectivity index (χ0) is 27.1. The maximum atomic E-state index is 13.6. The van der Waals surface area contributed by atoms with Crippen LogP contribution in [-0.4, -0.2) is 60.6 Å². The van der Waals surface area contributed by atoms with E-state index in [-0.39, 0.29) is 6.42 Å². The summed E-state index contributed by atoms with van der Waals surface area (Å²) in [7, 11) is -8.21. The fourth-order valence-corrected chi connectivity index (χ4v) is 6.59. The summed E-state index contributed by atoms with van der Waals surface area (Å²) >= 11 is 0. The van der Waals surface area contributed by atoms with E-state index in [1.807, 2.05) is 0 Å². The van der Waals surface area contributed by atoms with E-state index in [9.17, 15) is 80.2 Å². The molecule has 194 valence electrons. The monoisotopic (exact) mass is 540 g/mol. The Hall–Kier alpha value is -1.82. The van der Waals surface area contributed by atoms with Crippen LogP contribution in [0.1, 0.15) is 26.2 Å². The number of rotatable bonds is 10. The highest BCUT2D eigenvalue weighted by Gasteiger charge is 2.82. The maximum Gasteiger partial charge on any atom is 0.460 e. The number of carbonyl (C=O) groups is 3. The summed E-state index contributed by atoms with van der Waals surface area (Å²) in [5, 5.41) is -13.5. The van der Waals surface area contributed by atoms with Crippen LogP contribution in [0.2, 0.25) is 6.04 Å². The van der Waals surface area contributed by atoms with Gasteiger partial charge in [-0.25, -0.2) is 0 Å². The lowest BCUT2D eigenvalue weighted by Gasteiger charge is -2.35. The minimum atomic E-state index is -8.21. The second-order valence-corrected chi connectivity index (χ2v) is 10.2. The molecule has 0 fully saturated rings. The van der Waals surface area contributed by atoms with Gasteiger partial charge in [-0.15, -0.1) is 0 Å². The quantitative estimate of drug-likeness (QED) is 0.208. The Bertz CT molecular complexity index is 670. The van der Waals surface area contributed by atoms with Gasteiger partial charge in [-0.3, -0.25) is 14.4 Å². The highest BCUT2D eigenvalue weighted by atomic mass is 28.3. The van der Waals surface area contributed by atoms with Crippen molar-refractivity contribution in [3.63, 3.8) is 0 Å². The van der Waals surface area contributed by atoms with E-state index in [1.54, 1.807) is 0 Å². The van der Waals surface area contributed by atoms with E-state index in [4.69, 9.17) is 0 Å². The largest absolute Gasteiger partial charge is 0.460 e. The summed E-state index contributed by atoms with van der Waals surface area (Å²) in [5.41, 5.74) is 0. The van der Waals surface area contributed by atoms with Gasteiger partial charge >= 0.3 is 44.4 Å². The first-order chi connectivity index (χ1) is 14.3. The topological polar surface area (TPSA) is 51.2 Å². The van der Waals surface area contributed by atoms with Gasteiger partial charge in [0.15, 0.2) is 0 Å². The van der Waals surface area contributed by atoms with Crippen molar-refractivity contribution in [1.29, 1.82) is 0 Å². The molecule has 0 aliphatic heterocycles. The van der Waals surface area contributed by atoms with Crippen LogP contribution in [0, 0.1) is 0 Å². The van der Waals surface area contributed by atoms with Gasteiger partial charge in [0.1, 0.15) is 0 Å². The molecule has 3 nitrogen and oxygen atoms in total. The van der Waals surface area contributed by atoms with Crippen LogP contribution in [0.4, 0.5) is 65.9 Å². The predicted octanol–water partition coefficient (Wildman–Crippen LogP) is 5.54. The first kappa shape index (κ1) is 31.2. The van der Waals surface area contributed by atoms with Gasteiger partial charge in [-0.1, -0.05) is 26.2 Å². The van der Waals surface area contributed by atoms with Crippen LogP contribution >= 0.6 is 0 Å². The molecule has 0 aromatic carbocycles. The predicted molar refractivity (Wildman–Crippen MR) is 78.1 cm³/mol. The Morgan fingerprint density at radius 3 is 0.939 bits per heavy atom. The Morgan fingerprint density at radius 1 is 0.515 bits per heavy atom. The summed E-state index contributed by atoms with van der Waals surface area (Å²) in [6, 6.07) is -2.51. The first-order valence-electron chi connectivity index (χ1n) is 8.26. The molecule has 0 aliphatic carbocycles. The third-order valence-corrected chi connectivity index (χ3v) is 8.61. The third-order valence-electron chi connectivity index (χ3n) is 4.24. The summed E-state index contributed by atoms with van der Waals surface area (Å²) < 4.78 is 195. The maximum absolute atomic E-state index is 13.6. The smallest absolute Gasteiger partial charge is 0.297 e. The molecule has 0 unspecified atom stereocenters. The standard InChI is InChI=1S/C14H11F15O3Si/c1-2-3-4-5-33(6(30)9(15,16)12(21,22)23,7(31)10(17,18)13(24,25)26)8(32)11(19,20)14(27,28)29/h2-5H2,1H3. The molecule has 19 heteroatoms. The molecular weight excluding hydrogens is 529 g/mol. The molecule has 0 radical (unpaired) electrons. The van der Waals surface area contributed by atoms with Crippen molar-refractivity contribution < 1.29 is 80.2 Å². The zero-order valence-corrected chi connectivity index (χ0v) is 16.7. The van der Waals surface area contributed by atoms with Crippen molar-refractivity contribution in [2.24, 2.45) is 0 Å². The molecule has 0 aromatic heterocycles. The molecule has 0 aliphatic rings. The van der Waals surface area contributed by atoms with E-state index in [0.717, 1.165) is 6.92 Å². The van der Waals surface area contributed by atoms with E-state index >= 15 is 0 Å². The van der Waals surface area contributed by atoms with E-state index in [1.165, 1.54) is 0 Å². The van der Waals surface area contributed by atoms with Crippen molar-refractivity contribution >= 4 is 24.3 Å². The van der Waals surface area contributed by atoms with E-state index in [0.29, 0.717) is 0 Å². The minimum absolute atomic E-state index is 0.248. The zero-order valence-electron chi connectivity index (χ0n) is 15.7. The van der Waals surface area contributed by atoms with E-state index < -0.39 is 79.5 Å². The lowest BCUT2D eigenvalue weighted by molar-refractivity contribution is -0.269. The fraction of sp³-hybridized carbons (Fsp3) is 0.786. The highest BCUT2D eigenvalue weighted by Crippen LogP contribution is 2.48. The molecule has 0 spiro atoms. The van der Waals surface area contributed by atoms with Gasteiger partial charge in [0.2, 0.25) is 16.2 Å². The van der Waals surface area contributed by atoms with Crippen molar-refractivity contribution in [3.8, 4) is 0 Å². The summed E-state index contributed by atoms with van der Waals surface area (Å²) in [4.78, 5) is 35.7.